The summed E-state index contributed by atoms with van der Waals surface area (Å²) in [5.41, 5.74) is 0.521. The zero-order valence-electron chi connectivity index (χ0n) is 17.8. The number of carbonyl (C=O) groups excluding carboxylic acids is 3. The van der Waals surface area contributed by atoms with E-state index in [9.17, 15) is 14.4 Å². The van der Waals surface area contributed by atoms with Gasteiger partial charge in [0, 0.05) is 37.9 Å². The average molecular weight is 474 g/mol. The quantitative estimate of drug-likeness (QED) is 0.703. The first-order chi connectivity index (χ1) is 16.1. The number of amides is 3. The third kappa shape index (κ3) is 4.62. The summed E-state index contributed by atoms with van der Waals surface area (Å²) in [6.45, 7) is 3.29. The molecule has 2 saturated heterocycles. The van der Waals surface area contributed by atoms with Crippen LogP contribution in [0.4, 0.5) is 5.69 Å². The summed E-state index contributed by atoms with van der Waals surface area (Å²) in [7, 11) is 0. The topological polar surface area (TPSA) is 123 Å². The Balaban J connectivity index is 1.21. The minimum Gasteiger partial charge on any atom is -0.454 e. The lowest BCUT2D eigenvalue weighted by atomic mass is 9.96. The van der Waals surface area contributed by atoms with Crippen LogP contribution in [0.1, 0.15) is 32.4 Å². The van der Waals surface area contributed by atoms with Crippen molar-refractivity contribution in [1.29, 1.82) is 0 Å². The molecule has 3 aliphatic heterocycles. The second kappa shape index (κ2) is 9.32. The Kier molecular flexibility index (Phi) is 6.09. The van der Waals surface area contributed by atoms with E-state index in [0.717, 1.165) is 24.2 Å². The lowest BCUT2D eigenvalue weighted by molar-refractivity contribution is -0.141. The van der Waals surface area contributed by atoms with Gasteiger partial charge in [0.1, 0.15) is 0 Å². The van der Waals surface area contributed by atoms with Crippen LogP contribution >= 0.6 is 11.3 Å². The smallest absolute Gasteiger partial charge is 0.286 e. The van der Waals surface area contributed by atoms with Crippen LogP contribution in [-0.4, -0.2) is 83.9 Å². The van der Waals surface area contributed by atoms with E-state index >= 15 is 0 Å². The van der Waals surface area contributed by atoms with Crippen molar-refractivity contribution >= 4 is 34.7 Å². The summed E-state index contributed by atoms with van der Waals surface area (Å²) in [4.78, 5) is 41.9. The number of anilines is 1. The van der Waals surface area contributed by atoms with Gasteiger partial charge in [-0.2, -0.15) is 0 Å². The molecule has 1 atom stereocenters. The molecule has 1 N–H and O–H groups in total. The fourth-order valence-corrected chi connectivity index (χ4v) is 4.81. The van der Waals surface area contributed by atoms with Crippen molar-refractivity contribution in [2.75, 3.05) is 51.5 Å². The van der Waals surface area contributed by atoms with Gasteiger partial charge in [-0.3, -0.25) is 14.4 Å². The minimum absolute atomic E-state index is 0.0665. The number of likely N-dealkylation sites (tertiary alicyclic amines) is 1. The van der Waals surface area contributed by atoms with Gasteiger partial charge in [0.2, 0.25) is 22.7 Å². The molecule has 174 valence electrons. The number of aromatic nitrogens is 2. The molecule has 3 aliphatic rings. The lowest BCUT2D eigenvalue weighted by Crippen LogP contribution is -2.49. The molecule has 0 saturated carbocycles. The summed E-state index contributed by atoms with van der Waals surface area (Å²) < 4.78 is 15.9. The first kappa shape index (κ1) is 21.6. The first-order valence-corrected chi connectivity index (χ1v) is 11.6. The minimum atomic E-state index is -0.468. The molecule has 0 bridgehead atoms. The molecular formula is C21H23N5O6S. The molecule has 1 aromatic carbocycles. The third-order valence-electron chi connectivity index (χ3n) is 5.81. The van der Waals surface area contributed by atoms with Crippen LogP contribution in [0.2, 0.25) is 0 Å². The van der Waals surface area contributed by atoms with Crippen molar-refractivity contribution in [3.8, 4) is 11.5 Å². The van der Waals surface area contributed by atoms with E-state index < -0.39 is 5.91 Å². The Morgan fingerprint density at radius 1 is 1.00 bits per heavy atom. The molecular weight excluding hydrogens is 450 g/mol. The number of piperidine rings is 1. The summed E-state index contributed by atoms with van der Waals surface area (Å²) >= 11 is 0.932. The number of hydrogen-bond acceptors (Lipinski definition) is 9. The van der Waals surface area contributed by atoms with Gasteiger partial charge < -0.3 is 29.3 Å². The van der Waals surface area contributed by atoms with Crippen molar-refractivity contribution < 1.29 is 28.6 Å². The molecule has 12 heteroatoms. The van der Waals surface area contributed by atoms with E-state index in [1.54, 1.807) is 23.1 Å². The van der Waals surface area contributed by atoms with Crippen LogP contribution in [0.25, 0.3) is 0 Å². The SMILES string of the molecule is O=C(Nc1ccc2c(c1)OCO2)c1nnc(C(=O)N2CCCC(C(=O)N3CCOCC3)C2)s1. The molecule has 1 aromatic heterocycles. The molecule has 2 aromatic rings. The van der Waals surface area contributed by atoms with Crippen molar-refractivity contribution in [3.05, 3.63) is 28.2 Å². The summed E-state index contributed by atoms with van der Waals surface area (Å²) in [6.07, 6.45) is 1.49. The molecule has 0 radical (unpaired) electrons. The van der Waals surface area contributed by atoms with Gasteiger partial charge >= 0.3 is 0 Å². The van der Waals surface area contributed by atoms with E-state index in [0.29, 0.717) is 56.6 Å². The number of hydrogen-bond donors (Lipinski definition) is 1. The second-order valence-electron chi connectivity index (χ2n) is 7.96. The van der Waals surface area contributed by atoms with Gasteiger partial charge in [0.15, 0.2) is 11.5 Å². The second-order valence-corrected chi connectivity index (χ2v) is 8.94. The molecule has 33 heavy (non-hydrogen) atoms. The largest absolute Gasteiger partial charge is 0.454 e. The first-order valence-electron chi connectivity index (χ1n) is 10.8. The average Bonchev–Trinajstić information content (AvgIpc) is 3.53. The van der Waals surface area contributed by atoms with Gasteiger partial charge in [-0.1, -0.05) is 11.3 Å². The number of fused-ring (bicyclic) bond motifs is 1. The molecule has 11 nitrogen and oxygen atoms in total. The van der Waals surface area contributed by atoms with Crippen LogP contribution in [-0.2, 0) is 9.53 Å². The highest BCUT2D eigenvalue weighted by Gasteiger charge is 2.33. The van der Waals surface area contributed by atoms with Crippen molar-refractivity contribution in [2.24, 2.45) is 5.92 Å². The van der Waals surface area contributed by atoms with E-state index in [1.165, 1.54) is 0 Å². The van der Waals surface area contributed by atoms with E-state index in [1.807, 2.05) is 4.90 Å². The van der Waals surface area contributed by atoms with Gasteiger partial charge in [-0.05, 0) is 25.0 Å². The molecule has 3 amide bonds. The number of nitrogens with one attached hydrogen (secondary N) is 1. The molecule has 1 unspecified atom stereocenters. The lowest BCUT2D eigenvalue weighted by Gasteiger charge is -2.35. The van der Waals surface area contributed by atoms with Crippen LogP contribution in [0.5, 0.6) is 11.5 Å². The monoisotopic (exact) mass is 473 g/mol. The third-order valence-corrected chi connectivity index (χ3v) is 6.72. The van der Waals surface area contributed by atoms with Crippen molar-refractivity contribution in [1.82, 2.24) is 20.0 Å². The van der Waals surface area contributed by atoms with Crippen LogP contribution < -0.4 is 14.8 Å². The maximum absolute atomic E-state index is 13.0. The Morgan fingerprint density at radius 2 is 1.79 bits per heavy atom. The van der Waals surface area contributed by atoms with E-state index in [2.05, 4.69) is 15.5 Å². The summed E-state index contributed by atoms with van der Waals surface area (Å²) in [5, 5.41) is 10.8. The van der Waals surface area contributed by atoms with Gasteiger partial charge in [-0.25, -0.2) is 0 Å². The standard InChI is InChI=1S/C21H23N5O6S/c27-17(22-14-3-4-15-16(10-14)32-12-31-15)18-23-24-19(33-18)21(29)26-5-1-2-13(11-26)20(28)25-6-8-30-9-7-25/h3-4,10,13H,1-2,5-9,11-12H2,(H,22,27). The Hall–Kier alpha value is -3.25. The number of ether oxygens (including phenoxy) is 3. The Morgan fingerprint density at radius 3 is 2.64 bits per heavy atom. The van der Waals surface area contributed by atoms with Gasteiger partial charge in [-0.15, -0.1) is 10.2 Å². The molecule has 0 aliphatic carbocycles. The molecule has 2 fully saturated rings. The maximum atomic E-state index is 13.0. The Labute approximate surface area is 193 Å². The van der Waals surface area contributed by atoms with Crippen LogP contribution in [0.15, 0.2) is 18.2 Å². The summed E-state index contributed by atoms with van der Waals surface area (Å²) in [6, 6.07) is 5.06. The number of carbonyl (C=O) groups is 3. The van der Waals surface area contributed by atoms with Crippen molar-refractivity contribution in [3.63, 3.8) is 0 Å². The van der Waals surface area contributed by atoms with E-state index in [4.69, 9.17) is 14.2 Å². The van der Waals surface area contributed by atoms with Crippen molar-refractivity contribution in [2.45, 2.75) is 12.8 Å². The Bertz CT molecular complexity index is 1070. The highest BCUT2D eigenvalue weighted by molar-refractivity contribution is 7.15. The zero-order valence-corrected chi connectivity index (χ0v) is 18.6. The molecule has 4 heterocycles. The molecule has 5 rings (SSSR count). The molecule has 0 spiro atoms. The van der Waals surface area contributed by atoms with Gasteiger partial charge in [0.25, 0.3) is 11.8 Å². The van der Waals surface area contributed by atoms with E-state index in [-0.39, 0.29) is 34.5 Å². The predicted octanol–water partition coefficient (Wildman–Crippen LogP) is 1.23. The number of morpholine rings is 1. The fraction of sp³-hybridized carbons (Fsp3) is 0.476. The fourth-order valence-electron chi connectivity index (χ4n) is 4.10. The highest BCUT2D eigenvalue weighted by atomic mass is 32.1. The van der Waals surface area contributed by atoms with Crippen LogP contribution in [0.3, 0.4) is 0 Å². The number of benzene rings is 1. The van der Waals surface area contributed by atoms with Gasteiger partial charge in [0.05, 0.1) is 19.1 Å². The highest BCUT2D eigenvalue weighted by Crippen LogP contribution is 2.34. The zero-order chi connectivity index (χ0) is 22.8. The maximum Gasteiger partial charge on any atom is 0.286 e. The number of nitrogens with zero attached hydrogens (tertiary/aromatic N) is 4. The normalized spacial score (nSPS) is 19.9. The number of rotatable bonds is 4. The predicted molar refractivity (Wildman–Crippen MR) is 116 cm³/mol. The van der Waals surface area contributed by atoms with Crippen LogP contribution in [0, 0.1) is 5.92 Å². The summed E-state index contributed by atoms with van der Waals surface area (Å²) in [5.74, 6) is 0.217.